The lowest BCUT2D eigenvalue weighted by atomic mass is 10.1. The zero-order valence-corrected chi connectivity index (χ0v) is 12.9. The Bertz CT molecular complexity index is 243. The Morgan fingerprint density at radius 2 is 1.67 bits per heavy atom. The minimum Gasteiger partial charge on any atom is -0.397 e. The standard InChI is InChI=1S/C15H28O2Si/c1-2-16-18(15-11-5-6-12-15)17-13-7-10-14-8-3-4-9-14/h7,10,14-15,18H,2-6,8-9,11-13H2,1H3. The van der Waals surface area contributed by atoms with E-state index in [9.17, 15) is 0 Å². The van der Waals surface area contributed by atoms with E-state index in [0.717, 1.165) is 24.7 Å². The van der Waals surface area contributed by atoms with Crippen molar-refractivity contribution in [2.45, 2.75) is 63.8 Å². The van der Waals surface area contributed by atoms with E-state index in [-0.39, 0.29) is 0 Å². The molecule has 3 heteroatoms. The fourth-order valence-corrected chi connectivity index (χ4v) is 5.55. The molecule has 2 saturated carbocycles. The molecular formula is C15H28O2Si. The molecule has 18 heavy (non-hydrogen) atoms. The molecule has 0 N–H and O–H groups in total. The highest BCUT2D eigenvalue weighted by molar-refractivity contribution is 6.46. The number of allylic oxidation sites excluding steroid dienone is 1. The van der Waals surface area contributed by atoms with Crippen LogP contribution in [0.3, 0.4) is 0 Å². The van der Waals surface area contributed by atoms with Gasteiger partial charge in [-0.25, -0.2) is 0 Å². The Labute approximate surface area is 114 Å². The molecule has 0 heterocycles. The smallest absolute Gasteiger partial charge is 0.324 e. The number of hydrogen-bond acceptors (Lipinski definition) is 2. The largest absolute Gasteiger partial charge is 0.397 e. The normalized spacial score (nSPS) is 24.3. The first kappa shape index (κ1) is 14.3. The summed E-state index contributed by atoms with van der Waals surface area (Å²) in [5.74, 6) is 0.826. The third-order valence-electron chi connectivity index (χ3n) is 4.28. The Hall–Kier alpha value is -0.123. The predicted molar refractivity (Wildman–Crippen MR) is 78.0 cm³/mol. The SMILES string of the molecule is CCO[SiH](OCC=CC1CCCC1)C1CCCC1. The summed E-state index contributed by atoms with van der Waals surface area (Å²) in [4.78, 5) is 0. The highest BCUT2D eigenvalue weighted by atomic mass is 28.3. The summed E-state index contributed by atoms with van der Waals surface area (Å²) >= 11 is 0. The molecule has 0 saturated heterocycles. The van der Waals surface area contributed by atoms with E-state index >= 15 is 0 Å². The molecule has 2 nitrogen and oxygen atoms in total. The molecule has 2 rings (SSSR count). The van der Waals surface area contributed by atoms with E-state index in [2.05, 4.69) is 19.1 Å². The van der Waals surface area contributed by atoms with Crippen LogP contribution in [0, 0.1) is 5.92 Å². The molecule has 0 aromatic carbocycles. The highest BCUT2D eigenvalue weighted by Crippen LogP contribution is 2.33. The maximum atomic E-state index is 6.06. The van der Waals surface area contributed by atoms with Gasteiger partial charge in [-0.1, -0.05) is 37.8 Å². The van der Waals surface area contributed by atoms with Gasteiger partial charge in [-0.2, -0.15) is 0 Å². The van der Waals surface area contributed by atoms with E-state index in [0.29, 0.717) is 0 Å². The summed E-state index contributed by atoms with van der Waals surface area (Å²) in [7, 11) is -1.40. The molecule has 104 valence electrons. The molecule has 2 aliphatic carbocycles. The Balaban J connectivity index is 1.67. The summed E-state index contributed by atoms with van der Waals surface area (Å²) in [5.41, 5.74) is 0.768. The van der Waals surface area contributed by atoms with Crippen LogP contribution >= 0.6 is 0 Å². The van der Waals surface area contributed by atoms with Crippen molar-refractivity contribution in [2.24, 2.45) is 5.92 Å². The van der Waals surface area contributed by atoms with Crippen molar-refractivity contribution in [3.63, 3.8) is 0 Å². The van der Waals surface area contributed by atoms with Gasteiger partial charge < -0.3 is 8.85 Å². The quantitative estimate of drug-likeness (QED) is 0.514. The van der Waals surface area contributed by atoms with E-state index in [1.807, 2.05) is 0 Å². The van der Waals surface area contributed by atoms with E-state index in [1.54, 1.807) is 0 Å². The molecule has 0 spiro atoms. The minimum absolute atomic E-state index is 0.768. The maximum Gasteiger partial charge on any atom is 0.324 e. The summed E-state index contributed by atoms with van der Waals surface area (Å²) in [6.07, 6.45) is 15.6. The molecule has 0 amide bonds. The van der Waals surface area contributed by atoms with Crippen LogP contribution in [0.4, 0.5) is 0 Å². The Morgan fingerprint density at radius 3 is 2.33 bits per heavy atom. The van der Waals surface area contributed by atoms with Crippen LogP contribution in [-0.2, 0) is 8.85 Å². The van der Waals surface area contributed by atoms with E-state index < -0.39 is 9.28 Å². The summed E-state index contributed by atoms with van der Waals surface area (Å²) in [6, 6.07) is 0. The van der Waals surface area contributed by atoms with Crippen LogP contribution in [0.25, 0.3) is 0 Å². The van der Waals surface area contributed by atoms with Gasteiger partial charge in [0.25, 0.3) is 0 Å². The summed E-state index contributed by atoms with van der Waals surface area (Å²) in [5, 5.41) is 0. The second-order valence-corrected chi connectivity index (χ2v) is 8.02. The van der Waals surface area contributed by atoms with Crippen LogP contribution in [0.1, 0.15) is 58.3 Å². The molecule has 2 aliphatic rings. The lowest BCUT2D eigenvalue weighted by Gasteiger charge is -2.20. The van der Waals surface area contributed by atoms with Gasteiger partial charge in [0.2, 0.25) is 0 Å². The molecule has 0 radical (unpaired) electrons. The monoisotopic (exact) mass is 268 g/mol. The Morgan fingerprint density at radius 1 is 1.00 bits per heavy atom. The first-order valence-corrected chi connectivity index (χ1v) is 9.41. The van der Waals surface area contributed by atoms with Crippen molar-refractivity contribution in [1.29, 1.82) is 0 Å². The first-order chi connectivity index (χ1) is 8.90. The molecule has 0 bridgehead atoms. The lowest BCUT2D eigenvalue weighted by Crippen LogP contribution is -2.28. The summed E-state index contributed by atoms with van der Waals surface area (Å²) in [6.45, 7) is 3.69. The second-order valence-electron chi connectivity index (χ2n) is 5.67. The topological polar surface area (TPSA) is 18.5 Å². The average molecular weight is 268 g/mol. The third-order valence-corrected chi connectivity index (χ3v) is 6.90. The van der Waals surface area contributed by atoms with Crippen molar-refractivity contribution < 1.29 is 8.85 Å². The van der Waals surface area contributed by atoms with E-state index in [4.69, 9.17) is 8.85 Å². The van der Waals surface area contributed by atoms with Crippen molar-refractivity contribution in [3.05, 3.63) is 12.2 Å². The van der Waals surface area contributed by atoms with Crippen LogP contribution in [0.5, 0.6) is 0 Å². The zero-order chi connectivity index (χ0) is 12.6. The van der Waals surface area contributed by atoms with Gasteiger partial charge in [0.1, 0.15) is 0 Å². The van der Waals surface area contributed by atoms with Crippen LogP contribution in [-0.4, -0.2) is 22.5 Å². The first-order valence-electron chi connectivity index (χ1n) is 7.80. The summed E-state index contributed by atoms with van der Waals surface area (Å²) < 4.78 is 11.9. The molecule has 0 aromatic rings. The number of hydrogen-bond donors (Lipinski definition) is 0. The fourth-order valence-electron chi connectivity index (χ4n) is 3.26. The molecule has 1 atom stereocenters. The van der Waals surface area contributed by atoms with Crippen molar-refractivity contribution in [2.75, 3.05) is 13.2 Å². The van der Waals surface area contributed by atoms with Gasteiger partial charge in [-0.05, 0) is 44.1 Å². The zero-order valence-electron chi connectivity index (χ0n) is 11.8. The minimum atomic E-state index is -1.40. The maximum absolute atomic E-state index is 6.06. The lowest BCUT2D eigenvalue weighted by molar-refractivity contribution is 0.212. The predicted octanol–water partition coefficient (Wildman–Crippen LogP) is 3.95. The van der Waals surface area contributed by atoms with Gasteiger partial charge in [0.05, 0.1) is 6.61 Å². The van der Waals surface area contributed by atoms with Gasteiger partial charge in [0.15, 0.2) is 0 Å². The molecule has 2 fully saturated rings. The van der Waals surface area contributed by atoms with Crippen LogP contribution in [0.15, 0.2) is 12.2 Å². The molecule has 0 aliphatic heterocycles. The van der Waals surface area contributed by atoms with Crippen molar-refractivity contribution in [1.82, 2.24) is 0 Å². The highest BCUT2D eigenvalue weighted by Gasteiger charge is 2.28. The number of rotatable bonds is 7. The fraction of sp³-hybridized carbons (Fsp3) is 0.867. The van der Waals surface area contributed by atoms with Crippen LogP contribution in [0.2, 0.25) is 5.54 Å². The van der Waals surface area contributed by atoms with Gasteiger partial charge >= 0.3 is 9.28 Å². The van der Waals surface area contributed by atoms with Crippen molar-refractivity contribution in [3.8, 4) is 0 Å². The van der Waals surface area contributed by atoms with Crippen LogP contribution < -0.4 is 0 Å². The van der Waals surface area contributed by atoms with Gasteiger partial charge in [-0.15, -0.1) is 0 Å². The van der Waals surface area contributed by atoms with Gasteiger partial charge in [0, 0.05) is 6.61 Å². The van der Waals surface area contributed by atoms with Gasteiger partial charge in [-0.3, -0.25) is 0 Å². The van der Waals surface area contributed by atoms with Crippen molar-refractivity contribution >= 4 is 9.28 Å². The third kappa shape index (κ3) is 4.52. The Kier molecular flexibility index (Phi) is 6.45. The molecule has 1 unspecified atom stereocenters. The average Bonchev–Trinajstić information content (AvgIpc) is 3.05. The molecular weight excluding hydrogens is 240 g/mol. The second kappa shape index (κ2) is 8.13. The van der Waals surface area contributed by atoms with E-state index in [1.165, 1.54) is 51.4 Å². The molecule has 0 aromatic heterocycles.